The Bertz CT molecular complexity index is 423. The predicted molar refractivity (Wildman–Crippen MR) is 70.9 cm³/mol. The summed E-state index contributed by atoms with van der Waals surface area (Å²) in [5.74, 6) is 0.0375. The molecule has 7 heteroatoms. The van der Waals surface area contributed by atoms with E-state index in [1.54, 1.807) is 12.1 Å². The predicted octanol–water partition coefficient (Wildman–Crippen LogP) is -0.292. The van der Waals surface area contributed by atoms with E-state index in [1.807, 2.05) is 0 Å². The van der Waals surface area contributed by atoms with Crippen molar-refractivity contribution >= 4 is 11.7 Å². The molecule has 1 aliphatic heterocycles. The molecule has 104 valence electrons. The fraction of sp³-hybridized carbons (Fsp3) is 0.583. The number of likely N-dealkylation sites (N-methyl/N-ethyl adjacent to an activating group) is 1. The Hall–Kier alpha value is -1.73. The van der Waals surface area contributed by atoms with Gasteiger partial charge in [-0.05, 0) is 18.7 Å². The lowest BCUT2D eigenvalue weighted by atomic mass is 10.2. The molecule has 1 aromatic rings. The third kappa shape index (κ3) is 3.87. The second-order valence-electron chi connectivity index (χ2n) is 4.43. The van der Waals surface area contributed by atoms with E-state index in [4.69, 9.17) is 10.5 Å². The number of nitrogens with two attached hydrogens (primary N) is 1. The molecule has 0 aromatic carbocycles. The monoisotopic (exact) mass is 265 g/mol. The first-order chi connectivity index (χ1) is 9.19. The fourth-order valence-corrected chi connectivity index (χ4v) is 1.97. The van der Waals surface area contributed by atoms with Crippen LogP contribution in [0.5, 0.6) is 0 Å². The Morgan fingerprint density at radius 2 is 2.42 bits per heavy atom. The Labute approximate surface area is 112 Å². The first-order valence-corrected chi connectivity index (χ1v) is 6.40. The molecule has 0 spiro atoms. The van der Waals surface area contributed by atoms with E-state index >= 15 is 0 Å². The first kappa shape index (κ1) is 13.7. The second-order valence-corrected chi connectivity index (χ2v) is 4.43. The number of carbonyl (C=O) groups excluding carboxylic acids is 1. The number of nitrogens with one attached hydrogen (secondary N) is 1. The number of nitrogens with zero attached hydrogens (tertiary/aromatic N) is 3. The molecule has 1 amide bonds. The van der Waals surface area contributed by atoms with Gasteiger partial charge in [-0.25, -0.2) is 0 Å². The minimum absolute atomic E-state index is 0.145. The van der Waals surface area contributed by atoms with Crippen molar-refractivity contribution in [2.45, 2.75) is 13.0 Å². The quantitative estimate of drug-likeness (QED) is 0.760. The van der Waals surface area contributed by atoms with E-state index < -0.39 is 5.91 Å². The Morgan fingerprint density at radius 3 is 3.05 bits per heavy atom. The third-order valence-corrected chi connectivity index (χ3v) is 3.10. The number of morpholine rings is 1. The number of hydrogen-bond acceptors (Lipinski definition) is 6. The highest BCUT2D eigenvalue weighted by molar-refractivity contribution is 5.90. The standard InChI is InChI=1S/C12H19N5O2/c1-2-17-5-6-19-9(8-17)7-14-11-4-3-10(12(13)18)15-16-11/h3-4,9H,2,5-8H2,1H3,(H2,13,18)(H,14,16). The van der Waals surface area contributed by atoms with Crippen LogP contribution in [0.3, 0.4) is 0 Å². The largest absolute Gasteiger partial charge is 0.374 e. The van der Waals surface area contributed by atoms with Gasteiger partial charge in [0, 0.05) is 19.6 Å². The molecule has 0 bridgehead atoms. The molecule has 3 N–H and O–H groups in total. The molecule has 2 rings (SSSR count). The minimum atomic E-state index is -0.576. The maximum atomic E-state index is 10.9. The van der Waals surface area contributed by atoms with Crippen LogP contribution in [0.1, 0.15) is 17.4 Å². The summed E-state index contributed by atoms with van der Waals surface area (Å²) < 4.78 is 5.67. The van der Waals surface area contributed by atoms with Crippen LogP contribution >= 0.6 is 0 Å². The Morgan fingerprint density at radius 1 is 1.58 bits per heavy atom. The van der Waals surface area contributed by atoms with Crippen LogP contribution in [0, 0.1) is 0 Å². The summed E-state index contributed by atoms with van der Waals surface area (Å²) in [5.41, 5.74) is 5.26. The Kier molecular flexibility index (Phi) is 4.64. The second kappa shape index (κ2) is 6.44. The fourth-order valence-electron chi connectivity index (χ4n) is 1.97. The van der Waals surface area contributed by atoms with E-state index in [9.17, 15) is 4.79 Å². The van der Waals surface area contributed by atoms with E-state index in [0.717, 1.165) is 26.2 Å². The topological polar surface area (TPSA) is 93.4 Å². The molecule has 0 saturated carbocycles. The normalized spacial score (nSPS) is 20.2. The third-order valence-electron chi connectivity index (χ3n) is 3.10. The van der Waals surface area contributed by atoms with Crippen molar-refractivity contribution in [3.05, 3.63) is 17.8 Å². The van der Waals surface area contributed by atoms with E-state index in [2.05, 4.69) is 27.3 Å². The molecule has 1 atom stereocenters. The lowest BCUT2D eigenvalue weighted by Gasteiger charge is -2.32. The number of anilines is 1. The number of ether oxygens (including phenoxy) is 1. The molecule has 2 heterocycles. The highest BCUT2D eigenvalue weighted by Crippen LogP contribution is 2.07. The number of aromatic nitrogens is 2. The lowest BCUT2D eigenvalue weighted by molar-refractivity contribution is -0.0192. The summed E-state index contributed by atoms with van der Waals surface area (Å²) in [7, 11) is 0. The van der Waals surface area contributed by atoms with Gasteiger partial charge in [0.25, 0.3) is 5.91 Å². The number of carbonyl (C=O) groups is 1. The molecule has 1 aliphatic rings. The van der Waals surface area contributed by atoms with Crippen LogP contribution in [0.15, 0.2) is 12.1 Å². The SMILES string of the molecule is CCN1CCOC(CNc2ccc(C(N)=O)nn2)C1. The average Bonchev–Trinajstić information content (AvgIpc) is 2.46. The maximum absolute atomic E-state index is 10.9. The summed E-state index contributed by atoms with van der Waals surface area (Å²) in [5, 5.41) is 10.8. The van der Waals surface area contributed by atoms with Gasteiger partial charge in [0.05, 0.1) is 12.7 Å². The van der Waals surface area contributed by atoms with E-state index in [1.165, 1.54) is 0 Å². The van der Waals surface area contributed by atoms with E-state index in [-0.39, 0.29) is 11.8 Å². The molecule has 1 fully saturated rings. The first-order valence-electron chi connectivity index (χ1n) is 6.40. The highest BCUT2D eigenvalue weighted by Gasteiger charge is 2.18. The summed E-state index contributed by atoms with van der Waals surface area (Å²) in [6.45, 7) is 6.50. The average molecular weight is 265 g/mol. The van der Waals surface area contributed by atoms with Crippen LogP contribution in [-0.4, -0.2) is 59.9 Å². The summed E-state index contributed by atoms with van der Waals surface area (Å²) >= 11 is 0. The summed E-state index contributed by atoms with van der Waals surface area (Å²) in [4.78, 5) is 13.2. The van der Waals surface area contributed by atoms with E-state index in [0.29, 0.717) is 12.4 Å². The smallest absolute Gasteiger partial charge is 0.269 e. The number of rotatable bonds is 5. The van der Waals surface area contributed by atoms with Crippen LogP contribution in [-0.2, 0) is 4.74 Å². The zero-order chi connectivity index (χ0) is 13.7. The maximum Gasteiger partial charge on any atom is 0.269 e. The molecule has 1 aromatic heterocycles. The van der Waals surface area contributed by atoms with Gasteiger partial charge in [-0.2, -0.15) is 0 Å². The van der Waals surface area contributed by atoms with Crippen molar-refractivity contribution in [2.75, 3.05) is 38.1 Å². The van der Waals surface area contributed by atoms with Crippen LogP contribution in [0.4, 0.5) is 5.82 Å². The van der Waals surface area contributed by atoms with Gasteiger partial charge in [-0.1, -0.05) is 6.92 Å². The Balaban J connectivity index is 1.83. The van der Waals surface area contributed by atoms with Crippen LogP contribution in [0.25, 0.3) is 0 Å². The van der Waals surface area contributed by atoms with Crippen molar-refractivity contribution in [1.29, 1.82) is 0 Å². The molecule has 7 nitrogen and oxygen atoms in total. The van der Waals surface area contributed by atoms with Gasteiger partial charge in [-0.15, -0.1) is 10.2 Å². The lowest BCUT2D eigenvalue weighted by Crippen LogP contribution is -2.45. The van der Waals surface area contributed by atoms with Crippen molar-refractivity contribution in [2.24, 2.45) is 5.73 Å². The number of amides is 1. The van der Waals surface area contributed by atoms with Gasteiger partial charge < -0.3 is 15.8 Å². The van der Waals surface area contributed by atoms with Gasteiger partial charge >= 0.3 is 0 Å². The number of hydrogen-bond donors (Lipinski definition) is 2. The van der Waals surface area contributed by atoms with Crippen LogP contribution in [0.2, 0.25) is 0 Å². The van der Waals surface area contributed by atoms with Crippen molar-refractivity contribution in [1.82, 2.24) is 15.1 Å². The zero-order valence-corrected chi connectivity index (χ0v) is 11.0. The molecule has 0 radical (unpaired) electrons. The van der Waals surface area contributed by atoms with Crippen molar-refractivity contribution in [3.8, 4) is 0 Å². The van der Waals surface area contributed by atoms with Gasteiger partial charge in [0.2, 0.25) is 0 Å². The molecule has 19 heavy (non-hydrogen) atoms. The summed E-state index contributed by atoms with van der Waals surface area (Å²) in [6.07, 6.45) is 0.145. The molecule has 0 aliphatic carbocycles. The van der Waals surface area contributed by atoms with Crippen molar-refractivity contribution < 1.29 is 9.53 Å². The zero-order valence-electron chi connectivity index (χ0n) is 11.0. The molecular formula is C12H19N5O2. The molecule has 1 saturated heterocycles. The van der Waals surface area contributed by atoms with Gasteiger partial charge in [0.1, 0.15) is 5.82 Å². The number of primary amides is 1. The van der Waals surface area contributed by atoms with Crippen LogP contribution < -0.4 is 11.1 Å². The van der Waals surface area contributed by atoms with Crippen molar-refractivity contribution in [3.63, 3.8) is 0 Å². The van der Waals surface area contributed by atoms with Gasteiger partial charge in [0.15, 0.2) is 5.69 Å². The van der Waals surface area contributed by atoms with Gasteiger partial charge in [-0.3, -0.25) is 9.69 Å². The molecule has 1 unspecified atom stereocenters. The molecular weight excluding hydrogens is 246 g/mol. The highest BCUT2D eigenvalue weighted by atomic mass is 16.5. The summed E-state index contributed by atoms with van der Waals surface area (Å²) in [6, 6.07) is 3.24. The minimum Gasteiger partial charge on any atom is -0.374 e.